The maximum Gasteiger partial charge on any atom is 0.225 e. The molecule has 2 atom stereocenters. The number of hydrogen-bond donors (Lipinski definition) is 2. The van der Waals surface area contributed by atoms with Crippen LogP contribution >= 0.6 is 24.0 Å². The van der Waals surface area contributed by atoms with Gasteiger partial charge in [-0.05, 0) is 51.6 Å². The predicted molar refractivity (Wildman–Crippen MR) is 122 cm³/mol. The van der Waals surface area contributed by atoms with Gasteiger partial charge in [0, 0.05) is 44.7 Å². The zero-order valence-electron chi connectivity index (χ0n) is 17.1. The van der Waals surface area contributed by atoms with Crippen LogP contribution in [0.2, 0.25) is 0 Å². The van der Waals surface area contributed by atoms with Crippen molar-refractivity contribution in [2.75, 3.05) is 45.8 Å². The highest BCUT2D eigenvalue weighted by atomic mass is 127. The maximum atomic E-state index is 12.6. The van der Waals surface area contributed by atoms with Crippen LogP contribution in [0.1, 0.15) is 52.4 Å². The van der Waals surface area contributed by atoms with E-state index in [-0.39, 0.29) is 24.0 Å². The molecule has 1 amide bonds. The average Bonchev–Trinajstić information content (AvgIpc) is 3.40. The van der Waals surface area contributed by atoms with Crippen LogP contribution in [0.3, 0.4) is 0 Å². The summed E-state index contributed by atoms with van der Waals surface area (Å²) in [4.78, 5) is 22.0. The molecule has 0 aromatic heterocycles. The SMILES string of the molecule is CCNC(=NCC1CCN(CC)C1)NC1CCN(C(=O)C2CCCC2)C1.I. The first-order valence-electron chi connectivity index (χ1n) is 10.8. The van der Waals surface area contributed by atoms with Gasteiger partial charge in [0.15, 0.2) is 5.96 Å². The highest BCUT2D eigenvalue weighted by Gasteiger charge is 2.32. The van der Waals surface area contributed by atoms with E-state index in [0.717, 1.165) is 57.9 Å². The molecule has 2 heterocycles. The lowest BCUT2D eigenvalue weighted by Gasteiger charge is -2.21. The number of guanidine groups is 1. The summed E-state index contributed by atoms with van der Waals surface area (Å²) in [5.74, 6) is 2.27. The molecular weight excluding hydrogens is 453 g/mol. The van der Waals surface area contributed by atoms with Crippen molar-refractivity contribution in [1.29, 1.82) is 0 Å². The highest BCUT2D eigenvalue weighted by molar-refractivity contribution is 14.0. The van der Waals surface area contributed by atoms with Crippen LogP contribution in [-0.4, -0.2) is 73.5 Å². The van der Waals surface area contributed by atoms with Gasteiger partial charge in [0.2, 0.25) is 5.91 Å². The summed E-state index contributed by atoms with van der Waals surface area (Å²) >= 11 is 0. The topological polar surface area (TPSA) is 60.0 Å². The Labute approximate surface area is 181 Å². The number of aliphatic imine (C=N–C) groups is 1. The molecule has 2 unspecified atom stereocenters. The van der Waals surface area contributed by atoms with Crippen molar-refractivity contribution in [3.8, 4) is 0 Å². The Morgan fingerprint density at radius 1 is 1.07 bits per heavy atom. The fraction of sp³-hybridized carbons (Fsp3) is 0.900. The minimum absolute atomic E-state index is 0. The fourth-order valence-corrected chi connectivity index (χ4v) is 4.59. The molecule has 7 heteroatoms. The Balaban J connectivity index is 0.00000261. The van der Waals surface area contributed by atoms with E-state index in [1.165, 1.54) is 32.4 Å². The Hall–Kier alpha value is -0.570. The van der Waals surface area contributed by atoms with Gasteiger partial charge in [-0.15, -0.1) is 24.0 Å². The molecule has 1 saturated carbocycles. The van der Waals surface area contributed by atoms with Crippen LogP contribution in [0.5, 0.6) is 0 Å². The first kappa shape index (κ1) is 22.7. The molecule has 3 fully saturated rings. The Kier molecular flexibility index (Phi) is 9.62. The van der Waals surface area contributed by atoms with Gasteiger partial charge in [-0.2, -0.15) is 0 Å². The lowest BCUT2D eigenvalue weighted by molar-refractivity contribution is -0.134. The molecular formula is C20H38IN5O. The third-order valence-electron chi connectivity index (χ3n) is 6.21. The van der Waals surface area contributed by atoms with Crippen LogP contribution in [0, 0.1) is 11.8 Å². The van der Waals surface area contributed by atoms with Gasteiger partial charge in [0.25, 0.3) is 0 Å². The fourth-order valence-electron chi connectivity index (χ4n) is 4.59. The van der Waals surface area contributed by atoms with Crippen LogP contribution < -0.4 is 10.6 Å². The van der Waals surface area contributed by atoms with Crippen LogP contribution in [0.15, 0.2) is 4.99 Å². The molecule has 0 aromatic carbocycles. The van der Waals surface area contributed by atoms with E-state index >= 15 is 0 Å². The monoisotopic (exact) mass is 491 g/mol. The number of nitrogens with one attached hydrogen (secondary N) is 2. The molecule has 0 aromatic rings. The minimum atomic E-state index is 0. The van der Waals surface area contributed by atoms with Gasteiger partial charge >= 0.3 is 0 Å². The van der Waals surface area contributed by atoms with Crippen molar-refractivity contribution in [2.45, 2.75) is 58.4 Å². The molecule has 0 radical (unpaired) electrons. The number of nitrogens with zero attached hydrogens (tertiary/aromatic N) is 3. The summed E-state index contributed by atoms with van der Waals surface area (Å²) in [6.07, 6.45) is 6.90. The van der Waals surface area contributed by atoms with Crippen molar-refractivity contribution >= 4 is 35.8 Å². The van der Waals surface area contributed by atoms with E-state index in [1.54, 1.807) is 0 Å². The summed E-state index contributed by atoms with van der Waals surface area (Å²) in [7, 11) is 0. The van der Waals surface area contributed by atoms with E-state index in [2.05, 4.69) is 34.3 Å². The molecule has 6 nitrogen and oxygen atoms in total. The number of amides is 1. The Morgan fingerprint density at radius 2 is 1.85 bits per heavy atom. The first-order chi connectivity index (χ1) is 12.7. The molecule has 2 aliphatic heterocycles. The molecule has 0 spiro atoms. The smallest absolute Gasteiger partial charge is 0.225 e. The quantitative estimate of drug-likeness (QED) is 0.340. The minimum Gasteiger partial charge on any atom is -0.357 e. The van der Waals surface area contributed by atoms with Crippen molar-refractivity contribution in [2.24, 2.45) is 16.8 Å². The lowest BCUT2D eigenvalue weighted by atomic mass is 10.1. The number of rotatable bonds is 6. The summed E-state index contributed by atoms with van der Waals surface area (Å²) in [5.41, 5.74) is 0. The number of carbonyl (C=O) groups excluding carboxylic acids is 1. The first-order valence-corrected chi connectivity index (χ1v) is 10.8. The molecule has 0 bridgehead atoms. The number of halogens is 1. The Morgan fingerprint density at radius 3 is 2.52 bits per heavy atom. The number of carbonyl (C=O) groups is 1. The number of hydrogen-bond acceptors (Lipinski definition) is 3. The van der Waals surface area contributed by atoms with E-state index < -0.39 is 0 Å². The molecule has 1 aliphatic carbocycles. The average molecular weight is 491 g/mol. The van der Waals surface area contributed by atoms with E-state index in [9.17, 15) is 4.79 Å². The zero-order valence-corrected chi connectivity index (χ0v) is 19.4. The zero-order chi connectivity index (χ0) is 18.4. The van der Waals surface area contributed by atoms with Crippen molar-refractivity contribution in [1.82, 2.24) is 20.4 Å². The van der Waals surface area contributed by atoms with Crippen LogP contribution in [-0.2, 0) is 4.79 Å². The van der Waals surface area contributed by atoms with Gasteiger partial charge < -0.3 is 20.4 Å². The third-order valence-corrected chi connectivity index (χ3v) is 6.21. The largest absolute Gasteiger partial charge is 0.357 e. The van der Waals surface area contributed by atoms with E-state index in [0.29, 0.717) is 23.8 Å². The van der Waals surface area contributed by atoms with Gasteiger partial charge in [0.1, 0.15) is 0 Å². The molecule has 3 rings (SSSR count). The second kappa shape index (κ2) is 11.4. The summed E-state index contributed by atoms with van der Waals surface area (Å²) in [6.45, 7) is 11.3. The van der Waals surface area contributed by atoms with Crippen molar-refractivity contribution in [3.05, 3.63) is 0 Å². The third kappa shape index (κ3) is 6.48. The summed E-state index contributed by atoms with van der Waals surface area (Å²) in [6, 6.07) is 0.328. The maximum absolute atomic E-state index is 12.6. The van der Waals surface area contributed by atoms with Gasteiger partial charge in [-0.3, -0.25) is 9.79 Å². The van der Waals surface area contributed by atoms with Crippen molar-refractivity contribution in [3.63, 3.8) is 0 Å². The highest BCUT2D eigenvalue weighted by Crippen LogP contribution is 2.27. The normalized spacial score (nSPS) is 27.0. The van der Waals surface area contributed by atoms with Crippen molar-refractivity contribution < 1.29 is 4.79 Å². The van der Waals surface area contributed by atoms with Gasteiger partial charge in [-0.1, -0.05) is 19.8 Å². The molecule has 3 aliphatic rings. The second-order valence-electron chi connectivity index (χ2n) is 8.16. The van der Waals surface area contributed by atoms with Gasteiger partial charge in [-0.25, -0.2) is 0 Å². The standard InChI is InChI=1S/C20H37N5O.HI/c1-3-21-20(22-13-16-9-11-24(4-2)14-16)23-18-10-12-25(15-18)19(26)17-7-5-6-8-17;/h16-18H,3-15H2,1-2H3,(H2,21,22,23);1H. The molecule has 27 heavy (non-hydrogen) atoms. The van der Waals surface area contributed by atoms with Gasteiger partial charge in [0.05, 0.1) is 0 Å². The predicted octanol–water partition coefficient (Wildman–Crippen LogP) is 2.29. The molecule has 2 saturated heterocycles. The molecule has 156 valence electrons. The van der Waals surface area contributed by atoms with Crippen LogP contribution in [0.25, 0.3) is 0 Å². The Bertz CT molecular complexity index is 495. The van der Waals surface area contributed by atoms with E-state index in [4.69, 9.17) is 4.99 Å². The molecule has 2 N–H and O–H groups in total. The van der Waals surface area contributed by atoms with Crippen LogP contribution in [0.4, 0.5) is 0 Å². The summed E-state index contributed by atoms with van der Waals surface area (Å²) in [5, 5.41) is 6.95. The lowest BCUT2D eigenvalue weighted by Crippen LogP contribution is -2.45. The van der Waals surface area contributed by atoms with E-state index in [1.807, 2.05) is 0 Å². The summed E-state index contributed by atoms with van der Waals surface area (Å²) < 4.78 is 0. The second-order valence-corrected chi connectivity index (χ2v) is 8.16. The number of likely N-dealkylation sites (tertiary alicyclic amines) is 2.